The van der Waals surface area contributed by atoms with Gasteiger partial charge in [-0.2, -0.15) is 0 Å². The minimum absolute atomic E-state index is 0.0193. The maximum atomic E-state index is 15.3. The lowest BCUT2D eigenvalue weighted by atomic mass is 9.94. The van der Waals surface area contributed by atoms with Crippen molar-refractivity contribution >= 4 is 53.2 Å². The standard InChI is InChI=1S/C60H92N8O10/c1-17-39(11)47-58(75)65(14)48(36(5)6)53(70)61-43(32-35(3)4)56(73)67(16)50(38(9)10)60(77)78-51(40(12)18-2)59(76)66(15)49(37(7)8)54(71)62-44(33-41-26-21-19-22-27-41)55(72)64(13)46(34-42-28-23-20-24-29-42)57(74)68-31-25-30-45(68)52(69)63-47/h19-24,26-29,35-40,43-51H,17-18,25,30-34H2,1-16H3,(H,61,70)(H,62,71)(H,63,69)/t39-,40-,43+,44+,45+,46+,47+,48+,49+,50+,51-/m1/s1. The number of hydrogen-bond donors (Lipinski definition) is 3. The van der Waals surface area contributed by atoms with E-state index in [1.165, 1.54) is 52.7 Å². The molecule has 0 aromatic heterocycles. The minimum atomic E-state index is -1.40. The number of likely N-dealkylation sites (N-methyl/N-ethyl adjacent to an activating group) is 4. The Balaban J connectivity index is 1.96. The molecule has 432 valence electrons. The Kier molecular flexibility index (Phi) is 23.9. The second-order valence-corrected chi connectivity index (χ2v) is 23.3. The molecule has 2 aromatic rings. The van der Waals surface area contributed by atoms with Crippen molar-refractivity contribution < 1.29 is 47.9 Å². The SMILES string of the molecule is CC[C@@H](C)[C@@H]1NC(=O)[C@@H]2CCCN2C(=O)[C@H](Cc2ccccc2)N(C)C(=O)[C@H](Cc2ccccc2)NC(=O)[C@H](C(C)C)N(C)C(=O)[C@@H]([C@H](C)CC)OC(=O)[C@H](C(C)C)N(C)C(=O)[C@H](CC(C)C)NC(=O)[C@H](C(C)C)N(C)C1=O. The molecule has 0 bridgehead atoms. The molecule has 18 heteroatoms. The molecule has 2 aliphatic rings. The maximum Gasteiger partial charge on any atom is 0.329 e. The lowest BCUT2D eigenvalue weighted by molar-refractivity contribution is -0.172. The molecular weight excluding hydrogens is 993 g/mol. The number of amides is 8. The van der Waals surface area contributed by atoms with Crippen molar-refractivity contribution in [3.05, 3.63) is 71.8 Å². The van der Waals surface area contributed by atoms with Crippen LogP contribution in [0.25, 0.3) is 0 Å². The summed E-state index contributed by atoms with van der Waals surface area (Å²) in [5, 5.41) is 8.90. The summed E-state index contributed by atoms with van der Waals surface area (Å²) < 4.78 is 6.19. The van der Waals surface area contributed by atoms with Gasteiger partial charge in [0.15, 0.2) is 6.10 Å². The van der Waals surface area contributed by atoms with Gasteiger partial charge in [0.2, 0.25) is 41.4 Å². The van der Waals surface area contributed by atoms with Crippen LogP contribution in [0.1, 0.15) is 126 Å². The van der Waals surface area contributed by atoms with Crippen molar-refractivity contribution in [1.29, 1.82) is 0 Å². The van der Waals surface area contributed by atoms with E-state index in [0.29, 0.717) is 24.8 Å². The molecule has 2 fully saturated rings. The molecule has 2 saturated heterocycles. The zero-order chi connectivity index (χ0) is 58.5. The highest BCUT2D eigenvalue weighted by Gasteiger charge is 2.46. The quantitative estimate of drug-likeness (QED) is 0.222. The molecule has 2 heterocycles. The molecule has 0 spiro atoms. The van der Waals surface area contributed by atoms with E-state index in [9.17, 15) is 33.6 Å². The summed E-state index contributed by atoms with van der Waals surface area (Å²) in [7, 11) is 5.92. The maximum absolute atomic E-state index is 15.3. The fraction of sp³-hybridized carbons (Fsp3) is 0.650. The molecular formula is C60H92N8O10. The van der Waals surface area contributed by atoms with Crippen LogP contribution in [-0.2, 0) is 60.7 Å². The number of esters is 1. The summed E-state index contributed by atoms with van der Waals surface area (Å²) in [4.78, 5) is 141. The third-order valence-corrected chi connectivity index (χ3v) is 15.8. The fourth-order valence-electron chi connectivity index (χ4n) is 10.9. The highest BCUT2D eigenvalue weighted by Crippen LogP contribution is 2.27. The van der Waals surface area contributed by atoms with Gasteiger partial charge in [-0.1, -0.05) is 150 Å². The Hall–Kier alpha value is -6.33. The third-order valence-electron chi connectivity index (χ3n) is 15.8. The van der Waals surface area contributed by atoms with Gasteiger partial charge in [-0.15, -0.1) is 0 Å². The molecule has 11 atom stereocenters. The van der Waals surface area contributed by atoms with E-state index >= 15 is 9.59 Å². The number of rotatable bonds is 13. The first-order valence-corrected chi connectivity index (χ1v) is 28.2. The van der Waals surface area contributed by atoms with Crippen LogP contribution in [0.3, 0.4) is 0 Å². The molecule has 4 rings (SSSR count). The Bertz CT molecular complexity index is 2380. The molecule has 0 aliphatic carbocycles. The number of hydrogen-bond acceptors (Lipinski definition) is 10. The largest absolute Gasteiger partial charge is 0.450 e. The van der Waals surface area contributed by atoms with Crippen molar-refractivity contribution in [2.45, 2.75) is 182 Å². The van der Waals surface area contributed by atoms with Gasteiger partial charge in [0.05, 0.1) is 0 Å². The predicted molar refractivity (Wildman–Crippen MR) is 300 cm³/mol. The van der Waals surface area contributed by atoms with Crippen LogP contribution in [0.5, 0.6) is 0 Å². The third kappa shape index (κ3) is 15.9. The van der Waals surface area contributed by atoms with Gasteiger partial charge in [-0.3, -0.25) is 38.4 Å². The van der Waals surface area contributed by atoms with Gasteiger partial charge in [-0.25, -0.2) is 4.79 Å². The summed E-state index contributed by atoms with van der Waals surface area (Å²) in [6, 6.07) is 9.08. The van der Waals surface area contributed by atoms with Crippen LogP contribution in [0, 0.1) is 35.5 Å². The van der Waals surface area contributed by atoms with E-state index in [1.54, 1.807) is 48.5 Å². The Morgan fingerprint density at radius 1 is 0.513 bits per heavy atom. The zero-order valence-electron chi connectivity index (χ0n) is 49.4. The number of fused-ring (bicyclic) bond motifs is 1. The molecule has 3 N–H and O–H groups in total. The van der Waals surface area contributed by atoms with Gasteiger partial charge in [0.1, 0.15) is 48.3 Å². The van der Waals surface area contributed by atoms with Gasteiger partial charge in [0.25, 0.3) is 5.91 Å². The van der Waals surface area contributed by atoms with Crippen molar-refractivity contribution in [3.63, 3.8) is 0 Å². The van der Waals surface area contributed by atoms with Crippen LogP contribution in [0.15, 0.2) is 60.7 Å². The summed E-state index contributed by atoms with van der Waals surface area (Å²) in [6.45, 7) is 21.9. The Morgan fingerprint density at radius 3 is 1.46 bits per heavy atom. The molecule has 2 aromatic carbocycles. The average Bonchev–Trinajstić information content (AvgIpc) is 3.91. The van der Waals surface area contributed by atoms with Crippen LogP contribution >= 0.6 is 0 Å². The van der Waals surface area contributed by atoms with Crippen molar-refractivity contribution in [3.8, 4) is 0 Å². The van der Waals surface area contributed by atoms with Crippen LogP contribution in [0.2, 0.25) is 0 Å². The number of nitrogens with one attached hydrogen (secondary N) is 3. The van der Waals surface area contributed by atoms with E-state index in [0.717, 1.165) is 5.56 Å². The van der Waals surface area contributed by atoms with E-state index in [2.05, 4.69) is 16.0 Å². The summed E-state index contributed by atoms with van der Waals surface area (Å²) in [6.07, 6.45) is 0.484. The predicted octanol–water partition coefficient (Wildman–Crippen LogP) is 5.26. The number of carbonyl (C=O) groups excluding carboxylic acids is 9. The second kappa shape index (κ2) is 29.0. The first kappa shape index (κ1) is 64.2. The van der Waals surface area contributed by atoms with Crippen LogP contribution in [0.4, 0.5) is 0 Å². The average molecular weight is 1090 g/mol. The monoisotopic (exact) mass is 1080 g/mol. The smallest absolute Gasteiger partial charge is 0.329 e. The lowest BCUT2D eigenvalue weighted by Crippen LogP contribution is -2.62. The van der Waals surface area contributed by atoms with Crippen molar-refractivity contribution in [2.24, 2.45) is 35.5 Å². The van der Waals surface area contributed by atoms with Crippen LogP contribution in [-0.4, -0.2) is 167 Å². The summed E-state index contributed by atoms with van der Waals surface area (Å²) in [5.41, 5.74) is 1.46. The van der Waals surface area contributed by atoms with Gasteiger partial charge < -0.3 is 45.2 Å². The van der Waals surface area contributed by atoms with Crippen molar-refractivity contribution in [2.75, 3.05) is 34.7 Å². The van der Waals surface area contributed by atoms with E-state index in [1.807, 2.05) is 95.3 Å². The highest BCUT2D eigenvalue weighted by molar-refractivity contribution is 5.99. The molecule has 8 amide bonds. The molecule has 0 unspecified atom stereocenters. The normalized spacial score (nSPS) is 26.5. The van der Waals surface area contributed by atoms with E-state index < -0.39 is 137 Å². The number of ether oxygens (including phenoxy) is 1. The van der Waals surface area contributed by atoms with Gasteiger partial charge >= 0.3 is 5.97 Å². The van der Waals surface area contributed by atoms with Gasteiger partial charge in [0, 0.05) is 53.5 Å². The minimum Gasteiger partial charge on any atom is -0.450 e. The Labute approximate surface area is 464 Å². The second-order valence-electron chi connectivity index (χ2n) is 23.3. The molecule has 0 saturated carbocycles. The molecule has 2 aliphatic heterocycles. The number of benzene rings is 2. The van der Waals surface area contributed by atoms with Crippen LogP contribution < -0.4 is 16.0 Å². The summed E-state index contributed by atoms with van der Waals surface area (Å²) in [5.74, 6) is -8.18. The van der Waals surface area contributed by atoms with E-state index in [-0.39, 0.29) is 38.1 Å². The number of nitrogens with zero attached hydrogens (tertiary/aromatic N) is 5. The summed E-state index contributed by atoms with van der Waals surface area (Å²) >= 11 is 0. The number of carbonyl (C=O) groups is 9. The first-order chi connectivity index (χ1) is 36.7. The fourth-order valence-corrected chi connectivity index (χ4v) is 10.9. The molecule has 18 nitrogen and oxygen atoms in total. The number of cyclic esters (lactones) is 1. The zero-order valence-corrected chi connectivity index (χ0v) is 49.4. The highest BCUT2D eigenvalue weighted by atomic mass is 16.6. The van der Waals surface area contributed by atoms with Gasteiger partial charge in [-0.05, 0) is 66.4 Å². The topological polar surface area (TPSA) is 215 Å². The molecule has 0 radical (unpaired) electrons. The van der Waals surface area contributed by atoms with Crippen molar-refractivity contribution in [1.82, 2.24) is 40.4 Å². The Morgan fingerprint density at radius 2 is 0.974 bits per heavy atom. The van der Waals surface area contributed by atoms with E-state index in [4.69, 9.17) is 4.74 Å². The first-order valence-electron chi connectivity index (χ1n) is 28.2. The lowest BCUT2D eigenvalue weighted by Gasteiger charge is -2.38. The molecule has 78 heavy (non-hydrogen) atoms.